The lowest BCUT2D eigenvalue weighted by Gasteiger charge is -2.27. The van der Waals surface area contributed by atoms with E-state index in [0.29, 0.717) is 19.4 Å². The molecule has 1 aromatic rings. The SMILES string of the molecule is C[C@]1(C(=O)N2CCC[C@H]2C(=O)Nc2ccccc2)CC1(Cl)Cl. The van der Waals surface area contributed by atoms with E-state index in [0.717, 1.165) is 12.1 Å². The molecule has 2 atom stereocenters. The predicted octanol–water partition coefficient (Wildman–Crippen LogP) is 3.20. The van der Waals surface area contributed by atoms with Crippen LogP contribution >= 0.6 is 23.2 Å². The second-order valence-electron chi connectivity index (χ2n) is 6.23. The summed E-state index contributed by atoms with van der Waals surface area (Å²) >= 11 is 12.2. The van der Waals surface area contributed by atoms with Crippen molar-refractivity contribution in [2.45, 2.75) is 36.6 Å². The first kappa shape index (κ1) is 15.6. The number of benzene rings is 1. The van der Waals surface area contributed by atoms with Crippen molar-refractivity contribution in [3.63, 3.8) is 0 Å². The van der Waals surface area contributed by atoms with E-state index in [-0.39, 0.29) is 11.8 Å². The summed E-state index contributed by atoms with van der Waals surface area (Å²) in [7, 11) is 0. The van der Waals surface area contributed by atoms with Crippen LogP contribution in [0.15, 0.2) is 30.3 Å². The number of likely N-dealkylation sites (tertiary alicyclic amines) is 1. The molecule has 0 bridgehead atoms. The van der Waals surface area contributed by atoms with Gasteiger partial charge in [0.05, 0.1) is 5.41 Å². The Morgan fingerprint density at radius 2 is 1.91 bits per heavy atom. The van der Waals surface area contributed by atoms with E-state index in [1.54, 1.807) is 11.8 Å². The molecule has 0 unspecified atom stereocenters. The van der Waals surface area contributed by atoms with E-state index >= 15 is 0 Å². The zero-order valence-corrected chi connectivity index (χ0v) is 13.8. The molecule has 2 amide bonds. The molecule has 0 spiro atoms. The minimum Gasteiger partial charge on any atom is -0.330 e. The van der Waals surface area contributed by atoms with Crippen LogP contribution in [0.1, 0.15) is 26.2 Å². The highest BCUT2D eigenvalue weighted by molar-refractivity contribution is 6.53. The molecule has 1 heterocycles. The number of hydrogen-bond acceptors (Lipinski definition) is 2. The lowest BCUT2D eigenvalue weighted by Crippen LogP contribution is -2.46. The van der Waals surface area contributed by atoms with Crippen molar-refractivity contribution in [3.05, 3.63) is 30.3 Å². The Hall–Kier alpha value is -1.26. The summed E-state index contributed by atoms with van der Waals surface area (Å²) < 4.78 is -1.01. The first-order valence-electron chi connectivity index (χ1n) is 7.40. The van der Waals surface area contributed by atoms with Crippen molar-refractivity contribution in [1.82, 2.24) is 4.90 Å². The zero-order chi connectivity index (χ0) is 16.0. The fourth-order valence-electron chi connectivity index (χ4n) is 2.98. The molecule has 6 heteroatoms. The number of nitrogens with one attached hydrogen (secondary N) is 1. The molecule has 0 aromatic heterocycles. The van der Waals surface area contributed by atoms with Crippen LogP contribution in [-0.2, 0) is 9.59 Å². The Labute approximate surface area is 139 Å². The molecule has 22 heavy (non-hydrogen) atoms. The van der Waals surface area contributed by atoms with Gasteiger partial charge < -0.3 is 10.2 Å². The highest BCUT2D eigenvalue weighted by atomic mass is 35.5. The number of anilines is 1. The normalized spacial score (nSPS) is 29.2. The average molecular weight is 341 g/mol. The molecule has 3 rings (SSSR count). The van der Waals surface area contributed by atoms with E-state index in [4.69, 9.17) is 23.2 Å². The van der Waals surface area contributed by atoms with Crippen LogP contribution in [0, 0.1) is 5.41 Å². The highest BCUT2D eigenvalue weighted by Crippen LogP contribution is 2.64. The standard InChI is InChI=1S/C16H18Cl2N2O2/c1-15(10-16(15,17)18)14(22)20-9-5-8-12(20)13(21)19-11-6-3-2-4-7-11/h2-4,6-7,12H,5,8-10H2,1H3,(H,19,21)/t12-,15+/m0/s1. The Bertz CT molecular complexity index is 605. The van der Waals surface area contributed by atoms with E-state index in [1.165, 1.54) is 0 Å². The smallest absolute Gasteiger partial charge is 0.247 e. The molecule has 1 saturated heterocycles. The lowest BCUT2D eigenvalue weighted by atomic mass is 10.1. The Kier molecular flexibility index (Phi) is 3.86. The molecule has 0 radical (unpaired) electrons. The fourth-order valence-corrected chi connectivity index (χ4v) is 3.67. The molecular formula is C16H18Cl2N2O2. The summed E-state index contributed by atoms with van der Waals surface area (Å²) in [6, 6.07) is 8.79. The van der Waals surface area contributed by atoms with Crippen molar-refractivity contribution < 1.29 is 9.59 Å². The van der Waals surface area contributed by atoms with Crippen LogP contribution < -0.4 is 5.32 Å². The molecule has 2 aliphatic rings. The Balaban J connectivity index is 1.71. The van der Waals surface area contributed by atoms with Crippen LogP contribution in [-0.4, -0.2) is 33.6 Å². The molecule has 1 N–H and O–H groups in total. The minimum absolute atomic E-state index is 0.122. The summed E-state index contributed by atoms with van der Waals surface area (Å²) in [5.41, 5.74) is -0.0420. The number of halogens is 2. The number of carbonyl (C=O) groups is 2. The summed E-state index contributed by atoms with van der Waals surface area (Å²) in [6.45, 7) is 2.34. The van der Waals surface area contributed by atoms with Crippen LogP contribution in [0.5, 0.6) is 0 Å². The van der Waals surface area contributed by atoms with E-state index < -0.39 is 15.8 Å². The van der Waals surface area contributed by atoms with Gasteiger partial charge in [-0.05, 0) is 38.3 Å². The summed E-state index contributed by atoms with van der Waals surface area (Å²) in [5.74, 6) is -0.278. The highest BCUT2D eigenvalue weighted by Gasteiger charge is 2.69. The van der Waals surface area contributed by atoms with Gasteiger partial charge in [-0.3, -0.25) is 9.59 Å². The predicted molar refractivity (Wildman–Crippen MR) is 87.0 cm³/mol. The van der Waals surface area contributed by atoms with E-state index in [1.807, 2.05) is 30.3 Å². The Morgan fingerprint density at radius 1 is 1.27 bits per heavy atom. The first-order valence-corrected chi connectivity index (χ1v) is 8.15. The molecule has 1 aliphatic heterocycles. The quantitative estimate of drug-likeness (QED) is 0.859. The third-order valence-corrected chi connectivity index (χ3v) is 5.69. The van der Waals surface area contributed by atoms with Gasteiger partial charge in [-0.25, -0.2) is 0 Å². The summed E-state index contributed by atoms with van der Waals surface area (Å²) in [6.07, 6.45) is 1.91. The van der Waals surface area contributed by atoms with Gasteiger partial charge in [-0.15, -0.1) is 23.2 Å². The van der Waals surface area contributed by atoms with Gasteiger partial charge in [0.2, 0.25) is 11.8 Å². The number of hydrogen-bond donors (Lipinski definition) is 1. The van der Waals surface area contributed by atoms with Gasteiger partial charge in [0.15, 0.2) is 0 Å². The molecular weight excluding hydrogens is 323 g/mol. The number of para-hydroxylation sites is 1. The van der Waals surface area contributed by atoms with Crippen LogP contribution in [0.25, 0.3) is 0 Å². The van der Waals surface area contributed by atoms with Crippen molar-refractivity contribution in [2.24, 2.45) is 5.41 Å². The van der Waals surface area contributed by atoms with Gasteiger partial charge in [0, 0.05) is 12.2 Å². The molecule has 1 aliphatic carbocycles. The van der Waals surface area contributed by atoms with Gasteiger partial charge in [-0.1, -0.05) is 18.2 Å². The minimum atomic E-state index is -1.01. The number of alkyl halides is 2. The third kappa shape index (κ3) is 2.59. The summed E-state index contributed by atoms with van der Waals surface area (Å²) in [4.78, 5) is 26.8. The van der Waals surface area contributed by atoms with E-state index in [9.17, 15) is 9.59 Å². The maximum Gasteiger partial charge on any atom is 0.247 e. The largest absolute Gasteiger partial charge is 0.330 e. The molecule has 4 nitrogen and oxygen atoms in total. The van der Waals surface area contributed by atoms with Crippen LogP contribution in [0.4, 0.5) is 5.69 Å². The van der Waals surface area contributed by atoms with Gasteiger partial charge in [0.25, 0.3) is 0 Å². The molecule has 1 aromatic carbocycles. The maximum atomic E-state index is 12.7. The van der Waals surface area contributed by atoms with Gasteiger partial charge in [-0.2, -0.15) is 0 Å². The number of amides is 2. The number of nitrogens with zero attached hydrogens (tertiary/aromatic N) is 1. The van der Waals surface area contributed by atoms with Crippen LogP contribution in [0.3, 0.4) is 0 Å². The monoisotopic (exact) mass is 340 g/mol. The van der Waals surface area contributed by atoms with Crippen molar-refractivity contribution in [2.75, 3.05) is 11.9 Å². The number of carbonyl (C=O) groups excluding carboxylic acids is 2. The van der Waals surface area contributed by atoms with Crippen LogP contribution in [0.2, 0.25) is 0 Å². The molecule has 1 saturated carbocycles. The van der Waals surface area contributed by atoms with E-state index in [2.05, 4.69) is 5.32 Å². The maximum absolute atomic E-state index is 12.7. The molecule has 2 fully saturated rings. The van der Waals surface area contributed by atoms with Gasteiger partial charge >= 0.3 is 0 Å². The van der Waals surface area contributed by atoms with Crippen molar-refractivity contribution >= 4 is 40.7 Å². The fraction of sp³-hybridized carbons (Fsp3) is 0.500. The molecule has 118 valence electrons. The second kappa shape index (κ2) is 5.43. The Morgan fingerprint density at radius 3 is 2.50 bits per heavy atom. The topological polar surface area (TPSA) is 49.4 Å². The number of rotatable bonds is 3. The summed E-state index contributed by atoms with van der Waals surface area (Å²) in [5, 5.41) is 2.86. The zero-order valence-electron chi connectivity index (χ0n) is 12.3. The average Bonchev–Trinajstić information content (AvgIpc) is 2.86. The van der Waals surface area contributed by atoms with Crippen molar-refractivity contribution in [1.29, 1.82) is 0 Å². The lowest BCUT2D eigenvalue weighted by molar-refractivity contribution is -0.140. The second-order valence-corrected chi connectivity index (χ2v) is 7.71. The third-order valence-electron chi connectivity index (χ3n) is 4.59. The van der Waals surface area contributed by atoms with Crippen molar-refractivity contribution in [3.8, 4) is 0 Å². The first-order chi connectivity index (χ1) is 10.3. The van der Waals surface area contributed by atoms with Gasteiger partial charge in [0.1, 0.15) is 10.4 Å².